The zero-order valence-electron chi connectivity index (χ0n) is 19.5. The van der Waals surface area contributed by atoms with Gasteiger partial charge in [0.25, 0.3) is 11.8 Å². The van der Waals surface area contributed by atoms with Gasteiger partial charge in [-0.3, -0.25) is 9.59 Å². The number of hydrogen-bond acceptors (Lipinski definition) is 6. The molecule has 0 spiro atoms. The summed E-state index contributed by atoms with van der Waals surface area (Å²) >= 11 is 0. The van der Waals surface area contributed by atoms with Crippen LogP contribution in [0.2, 0.25) is 0 Å². The number of methoxy groups -OCH3 is 2. The first-order chi connectivity index (χ1) is 16.4. The predicted molar refractivity (Wildman–Crippen MR) is 127 cm³/mol. The van der Waals surface area contributed by atoms with Crippen LogP contribution in [0.5, 0.6) is 5.75 Å². The molecule has 2 amide bonds. The minimum Gasteiger partial charge on any atom is -0.484 e. The number of allylic oxidation sites excluding steroid dienone is 1. The van der Waals surface area contributed by atoms with Gasteiger partial charge in [-0.15, -0.1) is 0 Å². The summed E-state index contributed by atoms with van der Waals surface area (Å²) in [6.45, 7) is 2.70. The number of ether oxygens (including phenoxy) is 3. The molecule has 1 aliphatic rings. The van der Waals surface area contributed by atoms with Crippen molar-refractivity contribution in [3.8, 4) is 5.75 Å². The highest BCUT2D eigenvalue weighted by Crippen LogP contribution is 2.31. The van der Waals surface area contributed by atoms with E-state index in [1.165, 1.54) is 12.0 Å². The van der Waals surface area contributed by atoms with E-state index in [0.717, 1.165) is 5.56 Å². The molecule has 0 radical (unpaired) electrons. The summed E-state index contributed by atoms with van der Waals surface area (Å²) in [5.41, 5.74) is 2.73. The Hall–Kier alpha value is -3.91. The van der Waals surface area contributed by atoms with Crippen LogP contribution in [-0.4, -0.2) is 56.7 Å². The van der Waals surface area contributed by atoms with Crippen molar-refractivity contribution in [1.82, 2.24) is 10.2 Å². The number of amides is 2. The van der Waals surface area contributed by atoms with Gasteiger partial charge in [0.1, 0.15) is 5.75 Å². The highest BCUT2D eigenvalue weighted by molar-refractivity contribution is 6.16. The molecular formula is C26H28N2O6. The van der Waals surface area contributed by atoms with Crippen LogP contribution < -0.4 is 10.1 Å². The summed E-state index contributed by atoms with van der Waals surface area (Å²) in [6.07, 6.45) is 1.64. The predicted octanol–water partition coefficient (Wildman–Crippen LogP) is 2.70. The summed E-state index contributed by atoms with van der Waals surface area (Å²) in [7, 11) is 2.83. The molecule has 8 nitrogen and oxygen atoms in total. The quantitative estimate of drug-likeness (QED) is 0.429. The largest absolute Gasteiger partial charge is 0.484 e. The van der Waals surface area contributed by atoms with Crippen molar-refractivity contribution in [2.75, 3.05) is 34.0 Å². The molecule has 0 aliphatic carbocycles. The second-order valence-electron chi connectivity index (χ2n) is 7.58. The molecule has 0 bridgehead atoms. The van der Waals surface area contributed by atoms with Gasteiger partial charge < -0.3 is 24.4 Å². The maximum atomic E-state index is 12.9. The Bertz CT molecular complexity index is 1090. The first-order valence-electron chi connectivity index (χ1n) is 10.8. The number of benzene rings is 2. The van der Waals surface area contributed by atoms with Crippen LogP contribution in [-0.2, 0) is 30.4 Å². The van der Waals surface area contributed by atoms with Gasteiger partial charge in [0.2, 0.25) is 0 Å². The van der Waals surface area contributed by atoms with E-state index in [-0.39, 0.29) is 29.6 Å². The Labute approximate surface area is 198 Å². The lowest BCUT2D eigenvalue weighted by atomic mass is 10.0. The molecule has 0 fully saturated rings. The average Bonchev–Trinajstić information content (AvgIpc) is 3.09. The van der Waals surface area contributed by atoms with Crippen molar-refractivity contribution in [2.45, 2.75) is 13.5 Å². The van der Waals surface area contributed by atoms with Gasteiger partial charge in [0.15, 0.2) is 6.61 Å². The average molecular weight is 465 g/mol. The molecule has 2 aromatic carbocycles. The highest BCUT2D eigenvalue weighted by atomic mass is 16.5. The minimum absolute atomic E-state index is 0.116. The molecule has 0 aromatic heterocycles. The van der Waals surface area contributed by atoms with E-state index in [1.54, 1.807) is 44.4 Å². The number of carbonyl (C=O) groups is 3. The van der Waals surface area contributed by atoms with Crippen molar-refractivity contribution in [3.63, 3.8) is 0 Å². The Morgan fingerprint density at radius 3 is 2.38 bits per heavy atom. The number of esters is 1. The second kappa shape index (κ2) is 11.8. The van der Waals surface area contributed by atoms with E-state index >= 15 is 0 Å². The zero-order chi connectivity index (χ0) is 24.5. The van der Waals surface area contributed by atoms with Gasteiger partial charge in [-0.25, -0.2) is 4.79 Å². The maximum absolute atomic E-state index is 12.9. The monoisotopic (exact) mass is 464 g/mol. The van der Waals surface area contributed by atoms with E-state index < -0.39 is 5.97 Å². The molecule has 2 aromatic rings. The van der Waals surface area contributed by atoms with Crippen LogP contribution in [0.1, 0.15) is 18.1 Å². The second-order valence-corrected chi connectivity index (χ2v) is 7.58. The molecule has 1 N–H and O–H groups in total. The van der Waals surface area contributed by atoms with Crippen LogP contribution in [0.4, 0.5) is 0 Å². The van der Waals surface area contributed by atoms with Crippen molar-refractivity contribution < 1.29 is 28.6 Å². The highest BCUT2D eigenvalue weighted by Gasteiger charge is 2.36. The molecule has 0 saturated heterocycles. The van der Waals surface area contributed by atoms with E-state index in [4.69, 9.17) is 14.2 Å². The van der Waals surface area contributed by atoms with Gasteiger partial charge in [0.05, 0.1) is 24.9 Å². The maximum Gasteiger partial charge on any atom is 0.340 e. The summed E-state index contributed by atoms with van der Waals surface area (Å²) in [6, 6.07) is 16.5. The molecule has 3 rings (SSSR count). The zero-order valence-corrected chi connectivity index (χ0v) is 19.5. The van der Waals surface area contributed by atoms with Crippen molar-refractivity contribution >= 4 is 23.9 Å². The van der Waals surface area contributed by atoms with Crippen molar-refractivity contribution in [3.05, 3.63) is 82.6 Å². The van der Waals surface area contributed by atoms with E-state index in [2.05, 4.69) is 5.32 Å². The number of carbonyl (C=O) groups excluding carboxylic acids is 3. The lowest BCUT2D eigenvalue weighted by molar-refractivity contribution is -0.136. The lowest BCUT2D eigenvalue weighted by Crippen LogP contribution is -2.28. The fourth-order valence-electron chi connectivity index (χ4n) is 3.50. The third kappa shape index (κ3) is 6.11. The lowest BCUT2D eigenvalue weighted by Gasteiger charge is -2.16. The fraction of sp³-hybridized carbons (Fsp3) is 0.269. The Morgan fingerprint density at radius 1 is 1.03 bits per heavy atom. The summed E-state index contributed by atoms with van der Waals surface area (Å²) in [4.78, 5) is 38.8. The van der Waals surface area contributed by atoms with Crippen molar-refractivity contribution in [2.24, 2.45) is 0 Å². The summed E-state index contributed by atoms with van der Waals surface area (Å²) in [5.74, 6) is -0.577. The van der Waals surface area contributed by atoms with E-state index in [1.807, 2.05) is 30.3 Å². The SMILES string of the molecule is COCCN1C(=O)/C(=C\c2ccc(OCC(=O)NCc3ccccc3)cc2)C(C(=O)OC)=C1C. The summed E-state index contributed by atoms with van der Waals surface area (Å²) in [5, 5.41) is 2.80. The molecule has 0 unspecified atom stereocenters. The first-order valence-corrected chi connectivity index (χ1v) is 10.8. The number of nitrogens with zero attached hydrogens (tertiary/aromatic N) is 1. The first kappa shape index (κ1) is 24.7. The molecule has 0 saturated carbocycles. The molecule has 0 atom stereocenters. The third-order valence-electron chi connectivity index (χ3n) is 5.31. The van der Waals surface area contributed by atoms with Gasteiger partial charge in [-0.05, 0) is 36.3 Å². The summed E-state index contributed by atoms with van der Waals surface area (Å²) < 4.78 is 15.5. The molecular weight excluding hydrogens is 436 g/mol. The topological polar surface area (TPSA) is 94.2 Å². The third-order valence-corrected chi connectivity index (χ3v) is 5.31. The smallest absolute Gasteiger partial charge is 0.340 e. The fourth-order valence-corrected chi connectivity index (χ4v) is 3.50. The van der Waals surface area contributed by atoms with Crippen LogP contribution in [0.3, 0.4) is 0 Å². The van der Waals surface area contributed by atoms with Crippen LogP contribution in [0.25, 0.3) is 6.08 Å². The van der Waals surface area contributed by atoms with E-state index in [0.29, 0.717) is 36.7 Å². The van der Waals surface area contributed by atoms with E-state index in [9.17, 15) is 14.4 Å². The Balaban J connectivity index is 1.65. The number of rotatable bonds is 10. The van der Waals surface area contributed by atoms with Gasteiger partial charge in [-0.1, -0.05) is 42.5 Å². The van der Waals surface area contributed by atoms with Crippen LogP contribution >= 0.6 is 0 Å². The normalized spacial score (nSPS) is 14.5. The number of hydrogen-bond donors (Lipinski definition) is 1. The molecule has 178 valence electrons. The van der Waals surface area contributed by atoms with Gasteiger partial charge in [-0.2, -0.15) is 0 Å². The molecule has 34 heavy (non-hydrogen) atoms. The Kier molecular flexibility index (Phi) is 8.59. The minimum atomic E-state index is -0.571. The molecule has 1 aliphatic heterocycles. The number of nitrogens with one attached hydrogen (secondary N) is 1. The van der Waals surface area contributed by atoms with Crippen LogP contribution in [0.15, 0.2) is 71.4 Å². The van der Waals surface area contributed by atoms with Gasteiger partial charge in [0, 0.05) is 25.9 Å². The molecule has 8 heteroatoms. The van der Waals surface area contributed by atoms with Crippen molar-refractivity contribution in [1.29, 1.82) is 0 Å². The van der Waals surface area contributed by atoms with Gasteiger partial charge >= 0.3 is 5.97 Å². The Morgan fingerprint density at radius 2 is 1.74 bits per heavy atom. The standard InChI is InChI=1S/C26H28N2O6/c1-18-24(26(31)33-3)22(25(30)28(18)13-14-32-2)15-19-9-11-21(12-10-19)34-17-23(29)27-16-20-7-5-4-6-8-20/h4-12,15H,13-14,16-17H2,1-3H3,(H,27,29)/b22-15-. The van der Waals surface area contributed by atoms with Crippen LogP contribution in [0, 0.1) is 0 Å². The molecule has 1 heterocycles.